The zero-order valence-electron chi connectivity index (χ0n) is 5.78. The Morgan fingerprint density at radius 3 is 2.73 bits per heavy atom. The Bertz CT molecular complexity index is 425. The van der Waals surface area contributed by atoms with Crippen molar-refractivity contribution in [2.75, 3.05) is 0 Å². The van der Waals surface area contributed by atoms with Gasteiger partial charge in [-0.3, -0.25) is 4.79 Å². The van der Waals surface area contributed by atoms with E-state index in [-0.39, 0.29) is 4.74 Å². The van der Waals surface area contributed by atoms with Crippen molar-refractivity contribution in [1.29, 1.82) is 0 Å². The van der Waals surface area contributed by atoms with Gasteiger partial charge in [-0.1, -0.05) is 18.2 Å². The van der Waals surface area contributed by atoms with Gasteiger partial charge in [0.2, 0.25) is 4.74 Å². The topological polar surface area (TPSA) is 17.1 Å². The van der Waals surface area contributed by atoms with Gasteiger partial charge >= 0.3 is 0 Å². The Morgan fingerprint density at radius 1 is 1.09 bits per heavy atom. The lowest BCUT2D eigenvalue weighted by Gasteiger charge is -1.91. The third-order valence-corrected chi connectivity index (χ3v) is 2.31. The van der Waals surface area contributed by atoms with Gasteiger partial charge in [0.15, 0.2) is 0 Å². The lowest BCUT2D eigenvalue weighted by atomic mass is 10.2. The molecule has 54 valence electrons. The van der Waals surface area contributed by atoms with Crippen LogP contribution in [0, 0.1) is 0 Å². The van der Waals surface area contributed by atoms with Gasteiger partial charge in [-0.05, 0) is 22.9 Å². The summed E-state index contributed by atoms with van der Waals surface area (Å²) in [7, 11) is 0. The summed E-state index contributed by atoms with van der Waals surface area (Å²) in [6.45, 7) is 0. The largest absolute Gasteiger partial charge is 0.277 e. The Kier molecular flexibility index (Phi) is 1.47. The minimum absolute atomic E-state index is 0.142. The number of rotatable bonds is 0. The van der Waals surface area contributed by atoms with E-state index < -0.39 is 0 Å². The van der Waals surface area contributed by atoms with Crippen LogP contribution in [-0.2, 0) is 0 Å². The molecule has 0 atom stereocenters. The first-order valence-electron chi connectivity index (χ1n) is 3.34. The fourth-order valence-electron chi connectivity index (χ4n) is 1.06. The van der Waals surface area contributed by atoms with Crippen molar-refractivity contribution >= 4 is 22.1 Å². The molecule has 0 saturated heterocycles. The molecule has 0 aliphatic heterocycles. The minimum atomic E-state index is 0.142. The quantitative estimate of drug-likeness (QED) is 0.580. The van der Waals surface area contributed by atoms with Crippen molar-refractivity contribution in [3.8, 4) is 0 Å². The second-order valence-corrected chi connectivity index (χ2v) is 3.17. The van der Waals surface area contributed by atoms with E-state index in [1.54, 1.807) is 0 Å². The molecule has 0 unspecified atom stereocenters. The second kappa shape index (κ2) is 2.47. The van der Waals surface area contributed by atoms with Crippen LogP contribution >= 0.6 is 11.3 Å². The molecule has 2 aromatic rings. The molecular formula is C9H6OS. The first kappa shape index (κ1) is 6.55. The van der Waals surface area contributed by atoms with Crippen LogP contribution in [0.2, 0.25) is 0 Å². The number of benzene rings is 1. The molecule has 0 N–H and O–H groups in total. The van der Waals surface area contributed by atoms with E-state index in [1.807, 2.05) is 35.7 Å². The molecule has 0 aliphatic carbocycles. The Morgan fingerprint density at radius 2 is 1.91 bits per heavy atom. The maximum absolute atomic E-state index is 11.2. The van der Waals surface area contributed by atoms with Crippen molar-refractivity contribution in [3.05, 3.63) is 45.2 Å². The molecule has 2 rings (SSSR count). The lowest BCUT2D eigenvalue weighted by molar-refractivity contribution is 1.78. The van der Waals surface area contributed by atoms with Gasteiger partial charge in [0, 0.05) is 5.39 Å². The third-order valence-electron chi connectivity index (χ3n) is 1.60. The molecule has 1 aromatic carbocycles. The Hall–Kier alpha value is -1.15. The van der Waals surface area contributed by atoms with Crippen LogP contribution in [0.5, 0.6) is 0 Å². The maximum Gasteiger partial charge on any atom is 0.240 e. The predicted octanol–water partition coefficient (Wildman–Crippen LogP) is 2.26. The molecule has 0 spiro atoms. The zero-order chi connectivity index (χ0) is 7.68. The summed E-state index contributed by atoms with van der Waals surface area (Å²) in [5.41, 5.74) is 0. The highest BCUT2D eigenvalue weighted by Gasteiger charge is 1.93. The average molecular weight is 162 g/mol. The van der Waals surface area contributed by atoms with E-state index in [0.29, 0.717) is 0 Å². The van der Waals surface area contributed by atoms with Crippen LogP contribution in [0.3, 0.4) is 0 Å². The summed E-state index contributed by atoms with van der Waals surface area (Å²) in [6, 6.07) is 9.59. The number of hydrogen-bond acceptors (Lipinski definition) is 2. The van der Waals surface area contributed by atoms with E-state index in [1.165, 1.54) is 11.3 Å². The van der Waals surface area contributed by atoms with Crippen molar-refractivity contribution in [3.63, 3.8) is 0 Å². The van der Waals surface area contributed by atoms with Crippen LogP contribution in [0.4, 0.5) is 0 Å². The highest BCUT2D eigenvalue weighted by Crippen LogP contribution is 2.09. The number of fused-ring (bicyclic) bond motifs is 1. The van der Waals surface area contributed by atoms with Gasteiger partial charge in [-0.15, -0.1) is 11.3 Å². The molecule has 1 nitrogen and oxygen atoms in total. The van der Waals surface area contributed by atoms with Gasteiger partial charge in [0.05, 0.1) is 0 Å². The number of hydrogen-bond donors (Lipinski definition) is 0. The second-order valence-electron chi connectivity index (χ2n) is 2.30. The van der Waals surface area contributed by atoms with Crippen molar-refractivity contribution in [2.45, 2.75) is 0 Å². The molecule has 0 bridgehead atoms. The highest BCUT2D eigenvalue weighted by molar-refractivity contribution is 7.07. The van der Waals surface area contributed by atoms with Gasteiger partial charge < -0.3 is 0 Å². The fourth-order valence-corrected chi connectivity index (χ4v) is 1.71. The van der Waals surface area contributed by atoms with E-state index in [9.17, 15) is 4.79 Å². The van der Waals surface area contributed by atoms with E-state index in [2.05, 4.69) is 0 Å². The first-order chi connectivity index (χ1) is 5.38. The van der Waals surface area contributed by atoms with Gasteiger partial charge in [-0.25, -0.2) is 0 Å². The molecule has 2 heteroatoms. The summed E-state index contributed by atoms with van der Waals surface area (Å²) in [5.74, 6) is 0. The molecule has 0 aliphatic rings. The molecular weight excluding hydrogens is 156 g/mol. The van der Waals surface area contributed by atoms with Crippen LogP contribution < -0.4 is 4.74 Å². The SMILES string of the molecule is O=c1sccc2ccccc12. The normalized spacial score (nSPS) is 10.2. The third kappa shape index (κ3) is 1.05. The maximum atomic E-state index is 11.2. The van der Waals surface area contributed by atoms with Gasteiger partial charge in [0.1, 0.15) is 0 Å². The van der Waals surface area contributed by atoms with Crippen LogP contribution in [0.15, 0.2) is 40.5 Å². The van der Waals surface area contributed by atoms with Crippen molar-refractivity contribution in [1.82, 2.24) is 0 Å². The first-order valence-corrected chi connectivity index (χ1v) is 4.22. The van der Waals surface area contributed by atoms with Gasteiger partial charge in [0.25, 0.3) is 0 Å². The lowest BCUT2D eigenvalue weighted by Crippen LogP contribution is -1.92. The molecule has 1 aromatic heterocycles. The summed E-state index contributed by atoms with van der Waals surface area (Å²) in [4.78, 5) is 11.2. The van der Waals surface area contributed by atoms with E-state index in [0.717, 1.165) is 10.8 Å². The Labute approximate surface area is 67.9 Å². The molecule has 11 heavy (non-hydrogen) atoms. The smallest absolute Gasteiger partial charge is 0.240 e. The van der Waals surface area contributed by atoms with Crippen LogP contribution in [0.25, 0.3) is 10.8 Å². The molecule has 0 radical (unpaired) electrons. The van der Waals surface area contributed by atoms with E-state index >= 15 is 0 Å². The summed E-state index contributed by atoms with van der Waals surface area (Å²) in [5, 5.41) is 3.67. The summed E-state index contributed by atoms with van der Waals surface area (Å²) < 4.78 is 0.142. The highest BCUT2D eigenvalue weighted by atomic mass is 32.1. The average Bonchev–Trinajstić information content (AvgIpc) is 2.06. The molecule has 0 amide bonds. The molecule has 1 heterocycles. The van der Waals surface area contributed by atoms with Crippen LogP contribution in [-0.4, -0.2) is 0 Å². The van der Waals surface area contributed by atoms with Crippen molar-refractivity contribution < 1.29 is 0 Å². The molecule has 0 saturated carbocycles. The minimum Gasteiger partial charge on any atom is -0.277 e. The van der Waals surface area contributed by atoms with E-state index in [4.69, 9.17) is 0 Å². The van der Waals surface area contributed by atoms with Gasteiger partial charge in [-0.2, -0.15) is 0 Å². The summed E-state index contributed by atoms with van der Waals surface area (Å²) in [6.07, 6.45) is 0. The monoisotopic (exact) mass is 162 g/mol. The van der Waals surface area contributed by atoms with Crippen LogP contribution in [0.1, 0.15) is 0 Å². The zero-order valence-corrected chi connectivity index (χ0v) is 6.60. The predicted molar refractivity (Wildman–Crippen MR) is 48.1 cm³/mol. The summed E-state index contributed by atoms with van der Waals surface area (Å²) >= 11 is 1.24. The molecule has 0 fully saturated rings. The fraction of sp³-hybridized carbons (Fsp3) is 0. The Balaban J connectivity index is 3.03. The van der Waals surface area contributed by atoms with Crippen molar-refractivity contribution in [2.24, 2.45) is 0 Å². The standard InChI is InChI=1S/C9H6OS/c10-9-8-4-2-1-3-7(8)5-6-11-9/h1-6H.